The molecule has 1 aliphatic heterocycles. The molecule has 2 rings (SSSR count). The molecule has 1 heterocycles. The number of carboxylic acid groups (broad SMARTS) is 2. The molecule has 29 heavy (non-hydrogen) atoms. The molecule has 0 unspecified atom stereocenters. The van der Waals surface area contributed by atoms with Crippen LogP contribution in [0.4, 0.5) is 0 Å². The summed E-state index contributed by atoms with van der Waals surface area (Å²) in [6.07, 6.45) is 14.0. The molecule has 2 atom stereocenters. The molecule has 1 aromatic carbocycles. The maximum atomic E-state index is 11.5. The molecule has 6 heteroatoms. The Labute approximate surface area is 183 Å². The Bertz CT molecular complexity index is 628. The molecule has 0 spiro atoms. The van der Waals surface area contributed by atoms with Crippen LogP contribution in [0.3, 0.4) is 0 Å². The second-order valence-electron chi connectivity index (χ2n) is 7.75. The van der Waals surface area contributed by atoms with E-state index in [2.05, 4.69) is 13.0 Å². The van der Waals surface area contributed by atoms with Gasteiger partial charge in [-0.1, -0.05) is 89.0 Å². The van der Waals surface area contributed by atoms with Crippen molar-refractivity contribution in [2.24, 2.45) is 0 Å². The van der Waals surface area contributed by atoms with E-state index in [0.29, 0.717) is 0 Å². The lowest BCUT2D eigenvalue weighted by Gasteiger charge is -2.14. The molecule has 1 aliphatic rings. The molecule has 1 saturated heterocycles. The average molecular weight is 439 g/mol. The third-order valence-corrected chi connectivity index (χ3v) is 8.79. The fourth-order valence-corrected chi connectivity index (χ4v) is 7.15. The molecule has 4 nitrogen and oxygen atoms in total. The van der Waals surface area contributed by atoms with Crippen molar-refractivity contribution in [1.29, 1.82) is 0 Å². The molecule has 162 valence electrons. The van der Waals surface area contributed by atoms with Crippen molar-refractivity contribution < 1.29 is 19.8 Å². The van der Waals surface area contributed by atoms with Crippen molar-refractivity contribution in [2.75, 3.05) is 0 Å². The van der Waals surface area contributed by atoms with Crippen molar-refractivity contribution in [3.63, 3.8) is 0 Å². The minimum atomic E-state index is -1.04. The first-order valence-electron chi connectivity index (χ1n) is 10.9. The highest BCUT2D eigenvalue weighted by Crippen LogP contribution is 2.54. The van der Waals surface area contributed by atoms with E-state index in [0.717, 1.165) is 18.4 Å². The van der Waals surface area contributed by atoms with E-state index in [1.165, 1.54) is 86.9 Å². The number of unbranched alkanes of at least 4 members (excludes halogenated alkanes) is 9. The first-order chi connectivity index (χ1) is 14.0. The van der Waals surface area contributed by atoms with E-state index in [1.54, 1.807) is 0 Å². The summed E-state index contributed by atoms with van der Waals surface area (Å²) in [5.74, 6) is -2.07. The first-order valence-corrected chi connectivity index (χ1v) is 12.8. The molecular weight excluding hydrogens is 404 g/mol. The van der Waals surface area contributed by atoms with Crippen LogP contribution < -0.4 is 0 Å². The van der Waals surface area contributed by atoms with Crippen LogP contribution in [0.2, 0.25) is 0 Å². The standard InChI is InChI=1S/C23H34O4S2/c1-2-3-4-5-6-7-8-9-10-11-14-17-15-12-13-16-18(17)23-28-19(21(24)25)20(29-23)22(26)27/h12-13,15-16,19-20,23H,2-11,14H2,1H3,(H,24,25)(H,26,27)/t19-,20-/m1/s1. The lowest BCUT2D eigenvalue weighted by atomic mass is 10.0. The fraction of sp³-hybridized carbons (Fsp3) is 0.652. The zero-order valence-electron chi connectivity index (χ0n) is 17.3. The number of hydrogen-bond donors (Lipinski definition) is 2. The van der Waals surface area contributed by atoms with Crippen LogP contribution in [0.25, 0.3) is 0 Å². The molecule has 1 fully saturated rings. The lowest BCUT2D eigenvalue weighted by Crippen LogP contribution is -2.31. The van der Waals surface area contributed by atoms with E-state index in [4.69, 9.17) is 0 Å². The highest BCUT2D eigenvalue weighted by Gasteiger charge is 2.45. The summed E-state index contributed by atoms with van der Waals surface area (Å²) >= 11 is 2.53. The minimum Gasteiger partial charge on any atom is -0.480 e. The SMILES string of the molecule is CCCCCCCCCCCCc1ccccc1C1S[C@@H](C(=O)O)[C@H](C(=O)O)S1. The van der Waals surface area contributed by atoms with Gasteiger partial charge >= 0.3 is 11.9 Å². The molecule has 2 N–H and O–H groups in total. The largest absolute Gasteiger partial charge is 0.480 e. The topological polar surface area (TPSA) is 74.6 Å². The lowest BCUT2D eigenvalue weighted by molar-refractivity contribution is -0.142. The normalized spacial score (nSPS) is 19.5. The predicted molar refractivity (Wildman–Crippen MR) is 123 cm³/mol. The molecule has 0 amide bonds. The van der Waals surface area contributed by atoms with Gasteiger partial charge in [0.15, 0.2) is 0 Å². The Morgan fingerprint density at radius 2 is 1.28 bits per heavy atom. The van der Waals surface area contributed by atoms with Crippen LogP contribution >= 0.6 is 23.5 Å². The van der Waals surface area contributed by atoms with Gasteiger partial charge in [0.1, 0.15) is 10.5 Å². The van der Waals surface area contributed by atoms with E-state index >= 15 is 0 Å². The van der Waals surface area contributed by atoms with E-state index < -0.39 is 22.4 Å². The average Bonchev–Trinajstić information content (AvgIpc) is 3.16. The number of carboxylic acids is 2. The van der Waals surface area contributed by atoms with Crippen LogP contribution in [0.1, 0.15) is 86.8 Å². The maximum Gasteiger partial charge on any atom is 0.318 e. The van der Waals surface area contributed by atoms with Crippen LogP contribution in [-0.2, 0) is 16.0 Å². The van der Waals surface area contributed by atoms with Crippen molar-refractivity contribution in [3.05, 3.63) is 35.4 Å². The smallest absolute Gasteiger partial charge is 0.318 e. The molecular formula is C23H34O4S2. The highest BCUT2D eigenvalue weighted by atomic mass is 32.2. The first kappa shape index (κ1) is 24.1. The van der Waals surface area contributed by atoms with Crippen molar-refractivity contribution in [1.82, 2.24) is 0 Å². The summed E-state index contributed by atoms with van der Waals surface area (Å²) in [6.45, 7) is 2.25. The Kier molecular flexibility index (Phi) is 11.0. The zero-order chi connectivity index (χ0) is 21.1. The van der Waals surface area contributed by atoms with Gasteiger partial charge in [-0.15, -0.1) is 23.5 Å². The van der Waals surface area contributed by atoms with Crippen molar-refractivity contribution in [2.45, 2.75) is 92.6 Å². The third-order valence-electron chi connectivity index (χ3n) is 5.41. The van der Waals surface area contributed by atoms with Crippen LogP contribution in [-0.4, -0.2) is 32.7 Å². The number of aliphatic carboxylic acids is 2. The van der Waals surface area contributed by atoms with Crippen LogP contribution in [0.15, 0.2) is 24.3 Å². The monoisotopic (exact) mass is 438 g/mol. The van der Waals surface area contributed by atoms with Gasteiger partial charge in [-0.3, -0.25) is 9.59 Å². The number of carbonyl (C=O) groups is 2. The van der Waals surface area contributed by atoms with Gasteiger partial charge in [0.05, 0.1) is 4.58 Å². The molecule has 0 radical (unpaired) electrons. The van der Waals surface area contributed by atoms with Gasteiger partial charge in [0.2, 0.25) is 0 Å². The number of hydrogen-bond acceptors (Lipinski definition) is 4. The highest BCUT2D eigenvalue weighted by molar-refractivity contribution is 8.21. The minimum absolute atomic E-state index is 0.128. The number of thioether (sulfide) groups is 2. The Morgan fingerprint density at radius 1 is 0.793 bits per heavy atom. The van der Waals surface area contributed by atoms with Gasteiger partial charge in [-0.25, -0.2) is 0 Å². The number of rotatable bonds is 14. The summed E-state index contributed by atoms with van der Waals surface area (Å²) in [5.41, 5.74) is 2.32. The van der Waals surface area contributed by atoms with E-state index in [-0.39, 0.29) is 4.58 Å². The Morgan fingerprint density at radius 3 is 1.79 bits per heavy atom. The second kappa shape index (κ2) is 13.2. The molecule has 1 aromatic rings. The van der Waals surface area contributed by atoms with Gasteiger partial charge in [0, 0.05) is 0 Å². The third kappa shape index (κ3) is 7.89. The molecule has 0 aromatic heterocycles. The molecule has 0 saturated carbocycles. The molecule has 0 aliphatic carbocycles. The van der Waals surface area contributed by atoms with E-state index in [1.807, 2.05) is 18.2 Å². The summed E-state index contributed by atoms with van der Waals surface area (Å²) in [5, 5.41) is 17.0. The summed E-state index contributed by atoms with van der Waals surface area (Å²) in [6, 6.07) is 8.11. The van der Waals surface area contributed by atoms with Gasteiger partial charge in [0.25, 0.3) is 0 Å². The van der Waals surface area contributed by atoms with E-state index in [9.17, 15) is 19.8 Å². The van der Waals surface area contributed by atoms with Gasteiger partial charge < -0.3 is 10.2 Å². The van der Waals surface area contributed by atoms with Crippen molar-refractivity contribution in [3.8, 4) is 0 Å². The summed E-state index contributed by atoms with van der Waals surface area (Å²) in [7, 11) is 0. The number of aryl methyl sites for hydroxylation is 1. The van der Waals surface area contributed by atoms with Gasteiger partial charge in [-0.2, -0.15) is 0 Å². The Balaban J connectivity index is 1.78. The van der Waals surface area contributed by atoms with Crippen LogP contribution in [0, 0.1) is 0 Å². The number of benzene rings is 1. The zero-order valence-corrected chi connectivity index (χ0v) is 19.0. The second-order valence-corrected chi connectivity index (χ2v) is 10.6. The Hall–Kier alpha value is -1.14. The van der Waals surface area contributed by atoms with Crippen molar-refractivity contribution >= 4 is 35.5 Å². The van der Waals surface area contributed by atoms with Gasteiger partial charge in [-0.05, 0) is 24.0 Å². The summed E-state index contributed by atoms with van der Waals surface area (Å²) in [4.78, 5) is 22.9. The fourth-order valence-electron chi connectivity index (χ4n) is 3.76. The quantitative estimate of drug-likeness (QED) is 0.321. The predicted octanol–water partition coefficient (Wildman–Crippen LogP) is 6.54. The maximum absolute atomic E-state index is 11.5. The van der Waals surface area contributed by atoms with Crippen LogP contribution in [0.5, 0.6) is 0 Å². The summed E-state index contributed by atoms with van der Waals surface area (Å²) < 4.78 is -0.128. The molecule has 0 bridgehead atoms.